The number of hydrogen-bond donors (Lipinski definition) is 2. The topological polar surface area (TPSA) is 78.9 Å². The van der Waals surface area contributed by atoms with Gasteiger partial charge in [-0.05, 0) is 37.1 Å². The SMILES string of the molecule is CCN(CC(=O)O)C1CC(NC(=O)Cc2cccc(OCC(F)(F)F)c2)C1. The fraction of sp³-hybridized carbons (Fsp3) is 0.556. The second-order valence-electron chi connectivity index (χ2n) is 6.57. The van der Waals surface area contributed by atoms with E-state index in [4.69, 9.17) is 5.11 Å². The number of carboxylic acid groups (broad SMARTS) is 1. The molecule has 2 rings (SSSR count). The van der Waals surface area contributed by atoms with Crippen LogP contribution in [-0.2, 0) is 16.0 Å². The summed E-state index contributed by atoms with van der Waals surface area (Å²) in [6.07, 6.45) is -3.01. The molecule has 0 saturated heterocycles. The van der Waals surface area contributed by atoms with Gasteiger partial charge in [-0.25, -0.2) is 0 Å². The number of benzene rings is 1. The van der Waals surface area contributed by atoms with Gasteiger partial charge in [0.15, 0.2) is 6.61 Å². The van der Waals surface area contributed by atoms with Gasteiger partial charge >= 0.3 is 12.1 Å². The van der Waals surface area contributed by atoms with E-state index >= 15 is 0 Å². The molecule has 0 aromatic heterocycles. The standard InChI is InChI=1S/C18H23F3N2O4/c1-2-23(10-17(25)26)14-8-13(9-14)22-16(24)7-12-4-3-5-15(6-12)27-11-18(19,20)21/h3-6,13-14H,2,7-11H2,1H3,(H,22,24)(H,25,26). The summed E-state index contributed by atoms with van der Waals surface area (Å²) in [4.78, 5) is 24.8. The van der Waals surface area contributed by atoms with Crippen LogP contribution in [0.2, 0.25) is 0 Å². The van der Waals surface area contributed by atoms with Gasteiger partial charge < -0.3 is 15.2 Å². The molecule has 1 amide bonds. The number of rotatable bonds is 9. The molecular formula is C18H23F3N2O4. The molecule has 1 aliphatic carbocycles. The largest absolute Gasteiger partial charge is 0.484 e. The van der Waals surface area contributed by atoms with Crippen molar-refractivity contribution in [1.29, 1.82) is 0 Å². The number of aliphatic carboxylic acids is 1. The molecule has 0 bridgehead atoms. The fourth-order valence-corrected chi connectivity index (χ4v) is 3.05. The molecule has 0 aliphatic heterocycles. The van der Waals surface area contributed by atoms with E-state index in [-0.39, 0.29) is 36.7 Å². The van der Waals surface area contributed by atoms with Gasteiger partial charge in [-0.1, -0.05) is 19.1 Å². The lowest BCUT2D eigenvalue weighted by molar-refractivity contribution is -0.153. The summed E-state index contributed by atoms with van der Waals surface area (Å²) in [5.74, 6) is -1.04. The van der Waals surface area contributed by atoms with Crippen LogP contribution in [0.5, 0.6) is 5.75 Å². The Bertz CT molecular complexity index is 660. The molecule has 1 fully saturated rings. The number of carbonyl (C=O) groups is 2. The van der Waals surface area contributed by atoms with Crippen LogP contribution in [0.25, 0.3) is 0 Å². The average Bonchev–Trinajstić information content (AvgIpc) is 2.53. The zero-order chi connectivity index (χ0) is 20.0. The summed E-state index contributed by atoms with van der Waals surface area (Å²) in [5, 5.41) is 11.7. The van der Waals surface area contributed by atoms with Crippen LogP contribution < -0.4 is 10.1 Å². The highest BCUT2D eigenvalue weighted by Gasteiger charge is 2.34. The fourth-order valence-electron chi connectivity index (χ4n) is 3.05. The van der Waals surface area contributed by atoms with E-state index < -0.39 is 18.8 Å². The van der Waals surface area contributed by atoms with Gasteiger partial charge in [-0.2, -0.15) is 13.2 Å². The maximum absolute atomic E-state index is 12.2. The first kappa shape index (κ1) is 21.0. The third-order valence-electron chi connectivity index (χ3n) is 4.40. The maximum atomic E-state index is 12.2. The van der Waals surface area contributed by atoms with Crippen LogP contribution in [0.3, 0.4) is 0 Å². The summed E-state index contributed by atoms with van der Waals surface area (Å²) in [7, 11) is 0. The molecule has 1 aliphatic rings. The minimum Gasteiger partial charge on any atom is -0.484 e. The molecule has 1 aromatic carbocycles. The lowest BCUT2D eigenvalue weighted by atomic mass is 9.85. The average molecular weight is 388 g/mol. The number of halogens is 3. The van der Waals surface area contributed by atoms with Crippen molar-refractivity contribution in [3.8, 4) is 5.75 Å². The highest BCUT2D eigenvalue weighted by molar-refractivity contribution is 5.79. The van der Waals surface area contributed by atoms with Gasteiger partial charge in [0.1, 0.15) is 5.75 Å². The Kier molecular flexibility index (Phi) is 7.06. The summed E-state index contributed by atoms with van der Waals surface area (Å²) in [5.41, 5.74) is 0.559. The van der Waals surface area contributed by atoms with Gasteiger partial charge in [-0.15, -0.1) is 0 Å². The number of amides is 1. The number of nitrogens with zero attached hydrogens (tertiary/aromatic N) is 1. The predicted molar refractivity (Wildman–Crippen MR) is 91.5 cm³/mol. The monoisotopic (exact) mass is 388 g/mol. The Morgan fingerprint density at radius 3 is 2.63 bits per heavy atom. The first-order valence-electron chi connectivity index (χ1n) is 8.70. The number of carbonyl (C=O) groups excluding carboxylic acids is 1. The maximum Gasteiger partial charge on any atom is 0.422 e. The molecule has 0 unspecified atom stereocenters. The van der Waals surface area contributed by atoms with E-state index in [0.717, 1.165) is 0 Å². The number of nitrogens with one attached hydrogen (secondary N) is 1. The zero-order valence-corrected chi connectivity index (χ0v) is 15.0. The molecule has 0 radical (unpaired) electrons. The lowest BCUT2D eigenvalue weighted by Gasteiger charge is -2.42. The van der Waals surface area contributed by atoms with Gasteiger partial charge in [0.25, 0.3) is 0 Å². The number of carboxylic acids is 1. The van der Waals surface area contributed by atoms with Gasteiger partial charge in [0.05, 0.1) is 13.0 Å². The summed E-state index contributed by atoms with van der Waals surface area (Å²) in [6.45, 7) is 1.12. The van der Waals surface area contributed by atoms with Gasteiger partial charge in [-0.3, -0.25) is 14.5 Å². The van der Waals surface area contributed by atoms with Crippen LogP contribution in [0.1, 0.15) is 25.3 Å². The number of alkyl halides is 3. The van der Waals surface area contributed by atoms with Crippen LogP contribution in [-0.4, -0.2) is 59.8 Å². The van der Waals surface area contributed by atoms with Crippen molar-refractivity contribution in [2.24, 2.45) is 0 Å². The lowest BCUT2D eigenvalue weighted by Crippen LogP contribution is -2.55. The van der Waals surface area contributed by atoms with Crippen LogP contribution in [0.15, 0.2) is 24.3 Å². The van der Waals surface area contributed by atoms with Crippen molar-refractivity contribution in [1.82, 2.24) is 10.2 Å². The van der Waals surface area contributed by atoms with Crippen molar-refractivity contribution < 1.29 is 32.6 Å². The smallest absolute Gasteiger partial charge is 0.422 e. The number of ether oxygens (including phenoxy) is 1. The molecule has 9 heteroatoms. The van der Waals surface area contributed by atoms with Crippen molar-refractivity contribution in [3.63, 3.8) is 0 Å². The van der Waals surface area contributed by atoms with Gasteiger partial charge in [0.2, 0.25) is 5.91 Å². The first-order valence-corrected chi connectivity index (χ1v) is 8.70. The molecular weight excluding hydrogens is 365 g/mol. The summed E-state index contributed by atoms with van der Waals surface area (Å²) >= 11 is 0. The van der Waals surface area contributed by atoms with E-state index in [1.165, 1.54) is 12.1 Å². The molecule has 150 valence electrons. The third-order valence-corrected chi connectivity index (χ3v) is 4.40. The highest BCUT2D eigenvalue weighted by atomic mass is 19.4. The molecule has 6 nitrogen and oxygen atoms in total. The Labute approximate surface area is 155 Å². The third kappa shape index (κ3) is 7.09. The summed E-state index contributed by atoms with van der Waals surface area (Å²) in [6, 6.07) is 6.13. The molecule has 0 spiro atoms. The van der Waals surface area contributed by atoms with E-state index in [2.05, 4.69) is 10.1 Å². The van der Waals surface area contributed by atoms with Crippen LogP contribution >= 0.6 is 0 Å². The Morgan fingerprint density at radius 1 is 1.33 bits per heavy atom. The predicted octanol–water partition coefficient (Wildman–Crippen LogP) is 2.22. The normalized spacial score (nSPS) is 19.4. The second-order valence-corrected chi connectivity index (χ2v) is 6.57. The number of likely N-dealkylation sites (N-methyl/N-ethyl adjacent to an activating group) is 1. The van der Waals surface area contributed by atoms with Crippen molar-refractivity contribution in [2.75, 3.05) is 19.7 Å². The molecule has 1 saturated carbocycles. The van der Waals surface area contributed by atoms with E-state index in [9.17, 15) is 22.8 Å². The molecule has 1 aromatic rings. The summed E-state index contributed by atoms with van der Waals surface area (Å²) < 4.78 is 41.3. The minimum atomic E-state index is -4.42. The Hall–Kier alpha value is -2.29. The number of hydrogen-bond acceptors (Lipinski definition) is 4. The van der Waals surface area contributed by atoms with Crippen LogP contribution in [0, 0.1) is 0 Å². The molecule has 0 atom stereocenters. The molecule has 0 heterocycles. The Morgan fingerprint density at radius 2 is 2.04 bits per heavy atom. The second kappa shape index (κ2) is 9.07. The molecule has 27 heavy (non-hydrogen) atoms. The highest BCUT2D eigenvalue weighted by Crippen LogP contribution is 2.26. The first-order chi connectivity index (χ1) is 12.7. The van der Waals surface area contributed by atoms with Gasteiger partial charge in [0, 0.05) is 12.1 Å². The van der Waals surface area contributed by atoms with Crippen LogP contribution in [0.4, 0.5) is 13.2 Å². The van der Waals surface area contributed by atoms with Crippen molar-refractivity contribution in [2.45, 2.75) is 44.4 Å². The minimum absolute atomic E-state index is 0.0185. The van der Waals surface area contributed by atoms with Crippen molar-refractivity contribution >= 4 is 11.9 Å². The van der Waals surface area contributed by atoms with E-state index in [0.29, 0.717) is 24.9 Å². The Balaban J connectivity index is 1.77. The van der Waals surface area contributed by atoms with E-state index in [1.807, 2.05) is 11.8 Å². The van der Waals surface area contributed by atoms with E-state index in [1.54, 1.807) is 12.1 Å². The van der Waals surface area contributed by atoms with Crippen molar-refractivity contribution in [3.05, 3.63) is 29.8 Å². The molecule has 2 N–H and O–H groups in total. The quantitative estimate of drug-likeness (QED) is 0.678. The zero-order valence-electron chi connectivity index (χ0n) is 15.0.